The van der Waals surface area contributed by atoms with Crippen molar-refractivity contribution in [1.29, 1.82) is 0 Å². The normalized spacial score (nSPS) is 11.3. The molecule has 2 aromatic rings. The Balaban J connectivity index is 2.12. The van der Waals surface area contributed by atoms with E-state index in [1.54, 1.807) is 12.1 Å². The number of rotatable bonds is 6. The van der Waals surface area contributed by atoms with E-state index in [1.807, 2.05) is 0 Å². The first-order valence-corrected chi connectivity index (χ1v) is 7.80. The second kappa shape index (κ2) is 8.30. The highest BCUT2D eigenvalue weighted by molar-refractivity contribution is 6.33. The van der Waals surface area contributed by atoms with E-state index in [9.17, 15) is 19.7 Å². The number of non-ortho nitro benzene ring substituents is 1. The largest absolute Gasteiger partial charge is 0.495 e. The third-order valence-electron chi connectivity index (χ3n) is 3.40. The number of anilines is 1. The Bertz CT molecular complexity index is 855. The van der Waals surface area contributed by atoms with Crippen LogP contribution in [0.4, 0.5) is 11.4 Å². The molecule has 0 unspecified atom stereocenters. The van der Waals surface area contributed by atoms with Crippen LogP contribution >= 0.6 is 11.6 Å². The van der Waals surface area contributed by atoms with Crippen molar-refractivity contribution in [3.8, 4) is 5.75 Å². The van der Waals surface area contributed by atoms with Gasteiger partial charge >= 0.3 is 5.97 Å². The molecular weight excluding hydrogens is 364 g/mol. The van der Waals surface area contributed by atoms with Gasteiger partial charge in [-0.2, -0.15) is 0 Å². The van der Waals surface area contributed by atoms with E-state index < -0.39 is 22.9 Å². The first kappa shape index (κ1) is 19.2. The third-order valence-corrected chi connectivity index (χ3v) is 3.73. The molecule has 1 amide bonds. The minimum Gasteiger partial charge on any atom is -0.495 e. The van der Waals surface area contributed by atoms with Gasteiger partial charge in [0.05, 0.1) is 28.3 Å². The molecule has 0 aliphatic rings. The molecule has 8 nitrogen and oxygen atoms in total. The van der Waals surface area contributed by atoms with Crippen molar-refractivity contribution in [3.05, 3.63) is 63.2 Å². The van der Waals surface area contributed by atoms with E-state index >= 15 is 0 Å². The van der Waals surface area contributed by atoms with E-state index in [0.717, 1.165) is 6.07 Å². The van der Waals surface area contributed by atoms with Crippen LogP contribution in [-0.4, -0.2) is 30.0 Å². The number of methoxy groups -OCH3 is 1. The monoisotopic (exact) mass is 378 g/mol. The molecule has 0 saturated heterocycles. The van der Waals surface area contributed by atoms with Gasteiger partial charge in [-0.25, -0.2) is 4.79 Å². The Morgan fingerprint density at radius 1 is 1.23 bits per heavy atom. The van der Waals surface area contributed by atoms with Crippen molar-refractivity contribution in [2.45, 2.75) is 13.0 Å². The van der Waals surface area contributed by atoms with Gasteiger partial charge in [0.25, 0.3) is 11.6 Å². The zero-order valence-electron chi connectivity index (χ0n) is 13.9. The van der Waals surface area contributed by atoms with E-state index in [-0.39, 0.29) is 27.7 Å². The number of hydrogen-bond acceptors (Lipinski definition) is 6. The number of amides is 1. The summed E-state index contributed by atoms with van der Waals surface area (Å²) >= 11 is 5.92. The Morgan fingerprint density at radius 3 is 2.54 bits per heavy atom. The van der Waals surface area contributed by atoms with Gasteiger partial charge in [-0.15, -0.1) is 0 Å². The number of hydrogen-bond donors (Lipinski definition) is 1. The number of ether oxygens (including phenoxy) is 2. The van der Waals surface area contributed by atoms with Crippen molar-refractivity contribution >= 4 is 34.9 Å². The standard InChI is InChI=1S/C17H15ClN2O6/c1-10(26-17(22)12-5-3-4-6-13(12)18)16(21)19-14-9-11(20(23)24)7-8-15(14)25-2/h3-10H,1-2H3,(H,19,21)/t10-/m1/s1. The number of esters is 1. The van der Waals surface area contributed by atoms with Crippen LogP contribution in [0.2, 0.25) is 5.02 Å². The van der Waals surface area contributed by atoms with Gasteiger partial charge in [-0.1, -0.05) is 23.7 Å². The molecule has 0 radical (unpaired) electrons. The first-order valence-electron chi connectivity index (χ1n) is 7.42. The topological polar surface area (TPSA) is 108 Å². The van der Waals surface area contributed by atoms with Crippen LogP contribution in [0, 0.1) is 10.1 Å². The number of nitrogens with zero attached hydrogens (tertiary/aromatic N) is 1. The lowest BCUT2D eigenvalue weighted by Crippen LogP contribution is -2.30. The molecule has 2 rings (SSSR count). The molecule has 0 spiro atoms. The zero-order valence-corrected chi connectivity index (χ0v) is 14.6. The number of carbonyl (C=O) groups excluding carboxylic acids is 2. The minimum atomic E-state index is -1.16. The average molecular weight is 379 g/mol. The van der Waals surface area contributed by atoms with E-state index in [0.29, 0.717) is 0 Å². The van der Waals surface area contributed by atoms with E-state index in [1.165, 1.54) is 38.3 Å². The summed E-state index contributed by atoms with van der Waals surface area (Å²) in [4.78, 5) is 34.6. The molecule has 9 heteroatoms. The van der Waals surface area contributed by atoms with Gasteiger partial charge in [-0.05, 0) is 25.1 Å². The Hall–Kier alpha value is -3.13. The van der Waals surface area contributed by atoms with Crippen LogP contribution < -0.4 is 10.1 Å². The maximum Gasteiger partial charge on any atom is 0.340 e. The number of carbonyl (C=O) groups is 2. The van der Waals surface area contributed by atoms with Crippen molar-refractivity contribution in [1.82, 2.24) is 0 Å². The molecule has 2 aromatic carbocycles. The highest BCUT2D eigenvalue weighted by Crippen LogP contribution is 2.29. The molecule has 0 aliphatic heterocycles. The molecule has 136 valence electrons. The van der Waals surface area contributed by atoms with Crippen LogP contribution in [0.5, 0.6) is 5.75 Å². The Labute approximate surface area is 153 Å². The Kier molecular flexibility index (Phi) is 6.13. The summed E-state index contributed by atoms with van der Waals surface area (Å²) in [6.45, 7) is 1.37. The fourth-order valence-electron chi connectivity index (χ4n) is 2.05. The van der Waals surface area contributed by atoms with E-state index in [4.69, 9.17) is 21.1 Å². The number of benzene rings is 2. The third kappa shape index (κ3) is 4.48. The summed E-state index contributed by atoms with van der Waals surface area (Å²) in [6, 6.07) is 10.0. The number of nitrogens with one attached hydrogen (secondary N) is 1. The summed E-state index contributed by atoms with van der Waals surface area (Å²) in [5.74, 6) is -1.21. The fourth-order valence-corrected chi connectivity index (χ4v) is 2.26. The maximum absolute atomic E-state index is 12.3. The molecule has 0 heterocycles. The lowest BCUT2D eigenvalue weighted by Gasteiger charge is -2.15. The lowest BCUT2D eigenvalue weighted by atomic mass is 10.2. The van der Waals surface area contributed by atoms with Crippen LogP contribution in [0.1, 0.15) is 17.3 Å². The molecule has 0 aromatic heterocycles. The second-order valence-electron chi connectivity index (χ2n) is 5.16. The van der Waals surface area contributed by atoms with Gasteiger partial charge in [0, 0.05) is 12.1 Å². The maximum atomic E-state index is 12.3. The van der Waals surface area contributed by atoms with Crippen LogP contribution in [0.15, 0.2) is 42.5 Å². The van der Waals surface area contributed by atoms with Gasteiger partial charge in [0.1, 0.15) is 5.75 Å². The SMILES string of the molecule is COc1ccc([N+](=O)[O-])cc1NC(=O)[C@@H](C)OC(=O)c1ccccc1Cl. The molecule has 1 atom stereocenters. The number of nitro groups is 1. The summed E-state index contributed by atoms with van der Waals surface area (Å²) in [7, 11) is 1.36. The van der Waals surface area contributed by atoms with Crippen LogP contribution in [0.25, 0.3) is 0 Å². The summed E-state index contributed by atoms with van der Waals surface area (Å²) < 4.78 is 10.2. The molecule has 1 N–H and O–H groups in total. The predicted molar refractivity (Wildman–Crippen MR) is 94.6 cm³/mol. The van der Waals surface area contributed by atoms with Crippen molar-refractivity contribution in [3.63, 3.8) is 0 Å². The smallest absolute Gasteiger partial charge is 0.340 e. The highest BCUT2D eigenvalue weighted by Gasteiger charge is 2.22. The molecular formula is C17H15ClN2O6. The molecule has 0 bridgehead atoms. The molecule has 0 aliphatic carbocycles. The summed E-state index contributed by atoms with van der Waals surface area (Å²) in [6.07, 6.45) is -1.16. The van der Waals surface area contributed by atoms with Gasteiger partial charge in [0.15, 0.2) is 6.10 Å². The average Bonchev–Trinajstić information content (AvgIpc) is 2.61. The van der Waals surface area contributed by atoms with Crippen molar-refractivity contribution in [2.75, 3.05) is 12.4 Å². The predicted octanol–water partition coefficient (Wildman–Crippen LogP) is 3.44. The number of halogens is 1. The molecule has 26 heavy (non-hydrogen) atoms. The van der Waals surface area contributed by atoms with Crippen molar-refractivity contribution in [2.24, 2.45) is 0 Å². The summed E-state index contributed by atoms with van der Waals surface area (Å²) in [5.41, 5.74) is -0.00379. The minimum absolute atomic E-state index is 0.0901. The fraction of sp³-hybridized carbons (Fsp3) is 0.176. The lowest BCUT2D eigenvalue weighted by molar-refractivity contribution is -0.384. The first-order chi connectivity index (χ1) is 12.3. The van der Waals surface area contributed by atoms with Gasteiger partial charge in [0.2, 0.25) is 0 Å². The van der Waals surface area contributed by atoms with Crippen molar-refractivity contribution < 1.29 is 24.0 Å². The van der Waals surface area contributed by atoms with Gasteiger partial charge in [-0.3, -0.25) is 14.9 Å². The molecule has 0 fully saturated rings. The second-order valence-corrected chi connectivity index (χ2v) is 5.57. The number of nitro benzene ring substituents is 1. The van der Waals surface area contributed by atoms with Crippen LogP contribution in [-0.2, 0) is 9.53 Å². The highest BCUT2D eigenvalue weighted by atomic mass is 35.5. The van der Waals surface area contributed by atoms with E-state index in [2.05, 4.69) is 5.32 Å². The van der Waals surface area contributed by atoms with Gasteiger partial charge < -0.3 is 14.8 Å². The zero-order chi connectivity index (χ0) is 19.3. The molecule has 0 saturated carbocycles. The summed E-state index contributed by atoms with van der Waals surface area (Å²) in [5, 5.41) is 13.5. The van der Waals surface area contributed by atoms with Crippen LogP contribution in [0.3, 0.4) is 0 Å². The quantitative estimate of drug-likeness (QED) is 0.468. The Morgan fingerprint density at radius 2 is 1.92 bits per heavy atom.